The van der Waals surface area contributed by atoms with E-state index >= 15 is 0 Å². The number of rotatable bonds is 5. The third kappa shape index (κ3) is 2.94. The highest BCUT2D eigenvalue weighted by Crippen LogP contribution is 2.42. The minimum Gasteiger partial charge on any atom is -0.396 e. The van der Waals surface area contributed by atoms with Crippen molar-refractivity contribution in [2.45, 2.75) is 44.6 Å². The van der Waals surface area contributed by atoms with Gasteiger partial charge in [-0.25, -0.2) is 0 Å². The number of aliphatic hydroxyl groups is 1. The predicted octanol–water partition coefficient (Wildman–Crippen LogP) is 1.92. The molecule has 1 saturated heterocycles. The second kappa shape index (κ2) is 6.54. The standard InChI is InChI=1S/C19H27N5O2/c1-12(2)24-9-14(6-21-24)17-10-23(8-15(17)11-25)19(26)16-7-20-22(3)18(16)13-4-5-13/h6-7,9,12-13,15,17,25H,4-5,8,10-11H2,1-3H3/t15-,17-/m0/s1. The summed E-state index contributed by atoms with van der Waals surface area (Å²) in [5.74, 6) is 0.678. The Labute approximate surface area is 153 Å². The number of carbonyl (C=O) groups excluding carboxylic acids is 1. The van der Waals surface area contributed by atoms with Crippen molar-refractivity contribution in [1.82, 2.24) is 24.5 Å². The average molecular weight is 357 g/mol. The van der Waals surface area contributed by atoms with Crippen LogP contribution in [-0.2, 0) is 7.05 Å². The molecule has 1 saturated carbocycles. The molecule has 1 aliphatic heterocycles. The van der Waals surface area contributed by atoms with E-state index < -0.39 is 0 Å². The normalized spacial score (nSPS) is 23.2. The van der Waals surface area contributed by atoms with Gasteiger partial charge in [0, 0.05) is 56.7 Å². The highest BCUT2D eigenvalue weighted by molar-refractivity contribution is 5.95. The third-order valence-corrected chi connectivity index (χ3v) is 5.72. The van der Waals surface area contributed by atoms with E-state index in [1.807, 2.05) is 33.7 Å². The van der Waals surface area contributed by atoms with Gasteiger partial charge in [0.15, 0.2) is 0 Å². The lowest BCUT2D eigenvalue weighted by molar-refractivity contribution is 0.0780. The predicted molar refractivity (Wildman–Crippen MR) is 97.0 cm³/mol. The molecule has 2 aliphatic rings. The number of hydrogen-bond donors (Lipinski definition) is 1. The van der Waals surface area contributed by atoms with E-state index in [0.29, 0.717) is 25.0 Å². The van der Waals surface area contributed by atoms with Gasteiger partial charge in [-0.15, -0.1) is 0 Å². The number of hydrogen-bond acceptors (Lipinski definition) is 4. The van der Waals surface area contributed by atoms with Crippen LogP contribution in [0.5, 0.6) is 0 Å². The summed E-state index contributed by atoms with van der Waals surface area (Å²) in [6.45, 7) is 5.45. The Kier molecular flexibility index (Phi) is 4.34. The van der Waals surface area contributed by atoms with Crippen molar-refractivity contribution in [3.8, 4) is 0 Å². The molecule has 0 unspecified atom stereocenters. The lowest BCUT2D eigenvalue weighted by Gasteiger charge is -2.16. The second-order valence-electron chi connectivity index (χ2n) is 7.95. The molecule has 26 heavy (non-hydrogen) atoms. The van der Waals surface area contributed by atoms with E-state index in [2.05, 4.69) is 24.0 Å². The van der Waals surface area contributed by atoms with Crippen LogP contribution < -0.4 is 0 Å². The molecule has 140 valence electrons. The van der Waals surface area contributed by atoms with Gasteiger partial charge in [0.05, 0.1) is 23.7 Å². The van der Waals surface area contributed by atoms with Gasteiger partial charge in [-0.05, 0) is 32.3 Å². The van der Waals surface area contributed by atoms with Crippen LogP contribution in [0.25, 0.3) is 0 Å². The molecule has 2 atom stereocenters. The van der Waals surface area contributed by atoms with Gasteiger partial charge in [0.2, 0.25) is 0 Å². The molecule has 0 aromatic carbocycles. The maximum atomic E-state index is 13.1. The average Bonchev–Trinajstić information content (AvgIpc) is 3.04. The summed E-state index contributed by atoms with van der Waals surface area (Å²) in [5.41, 5.74) is 2.89. The van der Waals surface area contributed by atoms with Crippen LogP contribution in [0.3, 0.4) is 0 Å². The quantitative estimate of drug-likeness (QED) is 0.887. The first-order valence-electron chi connectivity index (χ1n) is 9.45. The summed E-state index contributed by atoms with van der Waals surface area (Å²) in [7, 11) is 1.91. The van der Waals surface area contributed by atoms with Crippen LogP contribution >= 0.6 is 0 Å². The molecule has 7 heteroatoms. The Balaban J connectivity index is 1.56. The molecule has 4 rings (SSSR count). The van der Waals surface area contributed by atoms with Crippen molar-refractivity contribution in [2.75, 3.05) is 19.7 Å². The van der Waals surface area contributed by atoms with E-state index in [0.717, 1.165) is 29.7 Å². The van der Waals surface area contributed by atoms with E-state index in [9.17, 15) is 9.90 Å². The Hall–Kier alpha value is -2.15. The van der Waals surface area contributed by atoms with Crippen LogP contribution in [0.4, 0.5) is 0 Å². The molecule has 2 fully saturated rings. The molecule has 0 bridgehead atoms. The zero-order valence-corrected chi connectivity index (χ0v) is 15.7. The van der Waals surface area contributed by atoms with Gasteiger partial charge in [-0.2, -0.15) is 10.2 Å². The second-order valence-corrected chi connectivity index (χ2v) is 7.95. The van der Waals surface area contributed by atoms with Crippen molar-refractivity contribution in [3.63, 3.8) is 0 Å². The van der Waals surface area contributed by atoms with Crippen molar-refractivity contribution in [2.24, 2.45) is 13.0 Å². The smallest absolute Gasteiger partial charge is 0.257 e. The minimum atomic E-state index is 0.0391. The lowest BCUT2D eigenvalue weighted by Crippen LogP contribution is -2.29. The van der Waals surface area contributed by atoms with Crippen molar-refractivity contribution >= 4 is 5.91 Å². The number of nitrogens with zero attached hydrogens (tertiary/aromatic N) is 5. The molecule has 1 amide bonds. The van der Waals surface area contributed by atoms with E-state index in [1.54, 1.807) is 6.20 Å². The van der Waals surface area contributed by atoms with Crippen LogP contribution in [0, 0.1) is 5.92 Å². The molecular weight excluding hydrogens is 330 g/mol. The number of likely N-dealkylation sites (tertiary alicyclic amines) is 1. The molecule has 3 heterocycles. The first-order chi connectivity index (χ1) is 12.5. The molecular formula is C19H27N5O2. The number of aromatic nitrogens is 4. The zero-order chi connectivity index (χ0) is 18.4. The number of carbonyl (C=O) groups is 1. The topological polar surface area (TPSA) is 76.2 Å². The number of aryl methyl sites for hydroxylation is 1. The van der Waals surface area contributed by atoms with Gasteiger partial charge in [-0.3, -0.25) is 14.2 Å². The zero-order valence-electron chi connectivity index (χ0n) is 15.7. The van der Waals surface area contributed by atoms with E-state index in [1.165, 1.54) is 0 Å². The minimum absolute atomic E-state index is 0.0391. The summed E-state index contributed by atoms with van der Waals surface area (Å²) in [4.78, 5) is 15.0. The summed E-state index contributed by atoms with van der Waals surface area (Å²) in [6, 6.07) is 0.298. The molecule has 0 radical (unpaired) electrons. The van der Waals surface area contributed by atoms with Gasteiger partial charge in [-0.1, -0.05) is 0 Å². The molecule has 1 aliphatic carbocycles. The fourth-order valence-corrected chi connectivity index (χ4v) is 4.05. The van der Waals surface area contributed by atoms with Crippen molar-refractivity contribution in [1.29, 1.82) is 0 Å². The Morgan fingerprint density at radius 2 is 2.04 bits per heavy atom. The SMILES string of the molecule is CC(C)n1cc([C@@H]2CN(C(=O)c3cnn(C)c3C3CC3)C[C@H]2CO)cn1. The summed E-state index contributed by atoms with van der Waals surface area (Å²) >= 11 is 0. The van der Waals surface area contributed by atoms with Gasteiger partial charge < -0.3 is 10.0 Å². The van der Waals surface area contributed by atoms with Crippen LogP contribution in [0.2, 0.25) is 0 Å². The van der Waals surface area contributed by atoms with Crippen molar-refractivity contribution in [3.05, 3.63) is 35.4 Å². The van der Waals surface area contributed by atoms with Crippen LogP contribution in [0.15, 0.2) is 18.6 Å². The number of aliphatic hydroxyl groups excluding tert-OH is 1. The fraction of sp³-hybridized carbons (Fsp3) is 0.632. The summed E-state index contributed by atoms with van der Waals surface area (Å²) in [5, 5.41) is 18.6. The maximum absolute atomic E-state index is 13.1. The maximum Gasteiger partial charge on any atom is 0.257 e. The first-order valence-corrected chi connectivity index (χ1v) is 9.45. The molecule has 7 nitrogen and oxygen atoms in total. The highest BCUT2D eigenvalue weighted by Gasteiger charge is 2.39. The van der Waals surface area contributed by atoms with E-state index in [-0.39, 0.29) is 24.3 Å². The fourth-order valence-electron chi connectivity index (χ4n) is 4.05. The van der Waals surface area contributed by atoms with Gasteiger partial charge >= 0.3 is 0 Å². The van der Waals surface area contributed by atoms with Gasteiger partial charge in [0.1, 0.15) is 0 Å². The van der Waals surface area contributed by atoms with Crippen LogP contribution in [0.1, 0.15) is 66.2 Å². The monoisotopic (exact) mass is 357 g/mol. The molecule has 0 spiro atoms. The largest absolute Gasteiger partial charge is 0.396 e. The number of amides is 1. The van der Waals surface area contributed by atoms with Crippen LogP contribution in [-0.4, -0.2) is 55.2 Å². The molecule has 2 aromatic heterocycles. The Bertz CT molecular complexity index is 805. The highest BCUT2D eigenvalue weighted by atomic mass is 16.3. The first kappa shape index (κ1) is 17.3. The van der Waals surface area contributed by atoms with Crippen molar-refractivity contribution < 1.29 is 9.90 Å². The summed E-state index contributed by atoms with van der Waals surface area (Å²) in [6.07, 6.45) is 7.90. The third-order valence-electron chi connectivity index (χ3n) is 5.72. The molecule has 2 aromatic rings. The Morgan fingerprint density at radius 1 is 1.27 bits per heavy atom. The molecule has 1 N–H and O–H groups in total. The summed E-state index contributed by atoms with van der Waals surface area (Å²) < 4.78 is 3.77. The lowest BCUT2D eigenvalue weighted by atomic mass is 9.92. The van der Waals surface area contributed by atoms with E-state index in [4.69, 9.17) is 0 Å². The Morgan fingerprint density at radius 3 is 2.65 bits per heavy atom. The van der Waals surface area contributed by atoms with Gasteiger partial charge in [0.25, 0.3) is 5.91 Å².